The highest BCUT2D eigenvalue weighted by Gasteiger charge is 2.20. The third-order valence-electron chi connectivity index (χ3n) is 2.40. The lowest BCUT2D eigenvalue weighted by atomic mass is 9.96. The van der Waals surface area contributed by atoms with Gasteiger partial charge in [0.2, 0.25) is 5.91 Å². The fraction of sp³-hybridized carbons (Fsp3) is 0.583. The summed E-state index contributed by atoms with van der Waals surface area (Å²) >= 11 is 3.38. The molecule has 18 heavy (non-hydrogen) atoms. The lowest BCUT2D eigenvalue weighted by molar-refractivity contribution is -0.116. The van der Waals surface area contributed by atoms with Crippen LogP contribution in [0.5, 0.6) is 0 Å². The Morgan fingerprint density at radius 3 is 2.50 bits per heavy atom. The average Bonchev–Trinajstić information content (AvgIpc) is 2.23. The molecule has 0 bridgehead atoms. The predicted molar refractivity (Wildman–Crippen MR) is 75.5 cm³/mol. The molecule has 100 valence electrons. The molecule has 2 N–H and O–H groups in total. The highest BCUT2D eigenvalue weighted by Crippen LogP contribution is 2.24. The van der Waals surface area contributed by atoms with Gasteiger partial charge < -0.3 is 10.6 Å². The first-order valence-electron chi connectivity index (χ1n) is 5.82. The van der Waals surface area contributed by atoms with Gasteiger partial charge in [0.15, 0.2) is 0 Å². The predicted octanol–water partition coefficient (Wildman–Crippen LogP) is 1.85. The van der Waals surface area contributed by atoms with Crippen LogP contribution in [0.15, 0.2) is 10.7 Å². The normalized spacial score (nSPS) is 11.4. The summed E-state index contributed by atoms with van der Waals surface area (Å²) in [5.74, 6) is 1.07. The number of amides is 1. The number of anilines is 1. The van der Waals surface area contributed by atoms with Crippen molar-refractivity contribution in [3.63, 3.8) is 0 Å². The molecule has 0 aromatic carbocycles. The molecule has 0 fully saturated rings. The van der Waals surface area contributed by atoms with Gasteiger partial charge in [-0.2, -0.15) is 0 Å². The van der Waals surface area contributed by atoms with Crippen LogP contribution in [0.2, 0.25) is 0 Å². The zero-order chi connectivity index (χ0) is 13.9. The first kappa shape index (κ1) is 14.9. The SMILES string of the molecule is CCN(CC(N)=O)c1cc(Br)nc(C(C)(C)C)n1. The minimum absolute atomic E-state index is 0.148. The van der Waals surface area contributed by atoms with Crippen LogP contribution in [-0.4, -0.2) is 29.0 Å². The molecule has 5 nitrogen and oxygen atoms in total. The molecule has 1 rings (SSSR count). The van der Waals surface area contributed by atoms with Crippen molar-refractivity contribution >= 4 is 27.7 Å². The maximum atomic E-state index is 11.0. The number of nitrogens with zero attached hydrogens (tertiary/aromatic N) is 3. The van der Waals surface area contributed by atoms with Crippen molar-refractivity contribution in [3.05, 3.63) is 16.5 Å². The van der Waals surface area contributed by atoms with Gasteiger partial charge in [0, 0.05) is 18.0 Å². The molecule has 0 aliphatic carbocycles. The largest absolute Gasteiger partial charge is 0.368 e. The lowest BCUT2D eigenvalue weighted by Crippen LogP contribution is -2.34. The summed E-state index contributed by atoms with van der Waals surface area (Å²) < 4.78 is 0.709. The molecule has 6 heteroatoms. The van der Waals surface area contributed by atoms with E-state index in [1.165, 1.54) is 0 Å². The molecule has 1 heterocycles. The van der Waals surface area contributed by atoms with Crippen molar-refractivity contribution < 1.29 is 4.79 Å². The fourth-order valence-electron chi connectivity index (χ4n) is 1.45. The highest BCUT2D eigenvalue weighted by atomic mass is 79.9. The Morgan fingerprint density at radius 1 is 1.44 bits per heavy atom. The van der Waals surface area contributed by atoms with Gasteiger partial charge in [-0.1, -0.05) is 20.8 Å². The smallest absolute Gasteiger partial charge is 0.236 e. The number of carbonyl (C=O) groups excluding carboxylic acids is 1. The average molecular weight is 315 g/mol. The van der Waals surface area contributed by atoms with Gasteiger partial charge in [-0.05, 0) is 22.9 Å². The van der Waals surface area contributed by atoms with E-state index in [0.717, 1.165) is 5.82 Å². The van der Waals surface area contributed by atoms with E-state index in [1.54, 1.807) is 6.07 Å². The molecule has 1 amide bonds. The number of halogens is 1. The molecule has 1 aromatic heterocycles. The van der Waals surface area contributed by atoms with Gasteiger partial charge in [0.1, 0.15) is 16.2 Å². The van der Waals surface area contributed by atoms with Gasteiger partial charge in [0.25, 0.3) is 0 Å². The molecular formula is C12H19BrN4O. The Kier molecular flexibility index (Phi) is 4.67. The lowest BCUT2D eigenvalue weighted by Gasteiger charge is -2.23. The monoisotopic (exact) mass is 314 g/mol. The summed E-state index contributed by atoms with van der Waals surface area (Å²) in [6.45, 7) is 8.91. The molecule has 0 unspecified atom stereocenters. The van der Waals surface area contributed by atoms with E-state index in [0.29, 0.717) is 17.0 Å². The third kappa shape index (κ3) is 3.94. The second-order valence-corrected chi connectivity index (χ2v) is 5.92. The summed E-state index contributed by atoms with van der Waals surface area (Å²) in [4.78, 5) is 21.7. The molecule has 0 aliphatic heterocycles. The Morgan fingerprint density at radius 2 is 2.06 bits per heavy atom. The second-order valence-electron chi connectivity index (χ2n) is 5.10. The number of rotatable bonds is 4. The molecule has 0 radical (unpaired) electrons. The minimum Gasteiger partial charge on any atom is -0.368 e. The summed E-state index contributed by atoms with van der Waals surface area (Å²) in [5.41, 5.74) is 5.08. The zero-order valence-electron chi connectivity index (χ0n) is 11.2. The van der Waals surface area contributed by atoms with Crippen LogP contribution in [0.4, 0.5) is 5.82 Å². The number of carbonyl (C=O) groups is 1. The number of hydrogen-bond acceptors (Lipinski definition) is 4. The first-order chi connectivity index (χ1) is 8.24. The van der Waals surface area contributed by atoms with Crippen LogP contribution >= 0.6 is 15.9 Å². The molecule has 0 atom stereocenters. The number of aromatic nitrogens is 2. The molecular weight excluding hydrogens is 296 g/mol. The van der Waals surface area contributed by atoms with Gasteiger partial charge >= 0.3 is 0 Å². The van der Waals surface area contributed by atoms with E-state index in [-0.39, 0.29) is 17.9 Å². The van der Waals surface area contributed by atoms with E-state index in [4.69, 9.17) is 5.73 Å². The quantitative estimate of drug-likeness (QED) is 0.861. The van der Waals surface area contributed by atoms with Crippen molar-refractivity contribution in [2.24, 2.45) is 5.73 Å². The Balaban J connectivity index is 3.15. The van der Waals surface area contributed by atoms with Crippen LogP contribution in [0, 0.1) is 0 Å². The maximum Gasteiger partial charge on any atom is 0.236 e. The van der Waals surface area contributed by atoms with E-state index in [9.17, 15) is 4.79 Å². The third-order valence-corrected chi connectivity index (χ3v) is 2.81. The van der Waals surface area contributed by atoms with Crippen LogP contribution in [-0.2, 0) is 10.2 Å². The number of likely N-dealkylation sites (N-methyl/N-ethyl adjacent to an activating group) is 1. The van der Waals surface area contributed by atoms with Crippen molar-refractivity contribution in [2.45, 2.75) is 33.1 Å². The van der Waals surface area contributed by atoms with E-state index < -0.39 is 0 Å². The Bertz CT molecular complexity index is 442. The number of hydrogen-bond donors (Lipinski definition) is 1. The standard InChI is InChI=1S/C12H19BrN4O/c1-5-17(7-9(14)18)10-6-8(13)15-11(16-10)12(2,3)4/h6H,5,7H2,1-4H3,(H2,14,18). The Labute approximate surface area is 116 Å². The van der Waals surface area contributed by atoms with Gasteiger partial charge in [-0.15, -0.1) is 0 Å². The van der Waals surface area contributed by atoms with E-state index in [1.807, 2.05) is 32.6 Å². The molecule has 1 aromatic rings. The van der Waals surface area contributed by atoms with Crippen molar-refractivity contribution in [3.8, 4) is 0 Å². The van der Waals surface area contributed by atoms with Gasteiger partial charge in [0.05, 0.1) is 6.54 Å². The van der Waals surface area contributed by atoms with Crippen LogP contribution in [0.3, 0.4) is 0 Å². The maximum absolute atomic E-state index is 11.0. The minimum atomic E-state index is -0.371. The summed E-state index contributed by atoms with van der Waals surface area (Å²) in [6.07, 6.45) is 0. The molecule has 0 saturated carbocycles. The highest BCUT2D eigenvalue weighted by molar-refractivity contribution is 9.10. The first-order valence-corrected chi connectivity index (χ1v) is 6.61. The Hall–Kier alpha value is -1.17. The summed E-state index contributed by atoms with van der Waals surface area (Å²) in [5, 5.41) is 0. The second kappa shape index (κ2) is 5.65. The van der Waals surface area contributed by atoms with Gasteiger partial charge in [-0.25, -0.2) is 9.97 Å². The molecule has 0 spiro atoms. The topological polar surface area (TPSA) is 72.1 Å². The van der Waals surface area contributed by atoms with E-state index in [2.05, 4.69) is 25.9 Å². The van der Waals surface area contributed by atoms with Gasteiger partial charge in [-0.3, -0.25) is 4.79 Å². The van der Waals surface area contributed by atoms with Crippen molar-refractivity contribution in [1.82, 2.24) is 9.97 Å². The molecule has 0 saturated heterocycles. The van der Waals surface area contributed by atoms with Crippen molar-refractivity contribution in [1.29, 1.82) is 0 Å². The number of primary amides is 1. The summed E-state index contributed by atoms with van der Waals surface area (Å²) in [7, 11) is 0. The van der Waals surface area contributed by atoms with Crippen LogP contribution < -0.4 is 10.6 Å². The summed E-state index contributed by atoms with van der Waals surface area (Å²) in [6, 6.07) is 1.79. The van der Waals surface area contributed by atoms with Crippen LogP contribution in [0.1, 0.15) is 33.5 Å². The van der Waals surface area contributed by atoms with Crippen LogP contribution in [0.25, 0.3) is 0 Å². The van der Waals surface area contributed by atoms with E-state index >= 15 is 0 Å². The number of nitrogens with two attached hydrogens (primary N) is 1. The fourth-order valence-corrected chi connectivity index (χ4v) is 1.82. The van der Waals surface area contributed by atoms with Crippen molar-refractivity contribution in [2.75, 3.05) is 18.0 Å². The zero-order valence-corrected chi connectivity index (χ0v) is 12.8. The molecule has 0 aliphatic rings.